The lowest BCUT2D eigenvalue weighted by molar-refractivity contribution is 0.144. The highest BCUT2D eigenvalue weighted by Crippen LogP contribution is 2.43. The number of sulfonamides is 1. The van der Waals surface area contributed by atoms with Crippen molar-refractivity contribution in [3.8, 4) is 20.5 Å². The lowest BCUT2D eigenvalue weighted by atomic mass is 10.1. The summed E-state index contributed by atoms with van der Waals surface area (Å²) < 4.78 is 26.1. The van der Waals surface area contributed by atoms with Gasteiger partial charge in [-0.05, 0) is 25.5 Å². The van der Waals surface area contributed by atoms with Gasteiger partial charge < -0.3 is 4.84 Å². The summed E-state index contributed by atoms with van der Waals surface area (Å²) in [5.41, 5.74) is 3.02. The molecule has 4 rings (SSSR count). The van der Waals surface area contributed by atoms with Crippen LogP contribution in [0.1, 0.15) is 31.2 Å². The van der Waals surface area contributed by atoms with Crippen molar-refractivity contribution < 1.29 is 13.3 Å². The summed E-state index contributed by atoms with van der Waals surface area (Å²) in [7, 11) is -3.42. The van der Waals surface area contributed by atoms with E-state index in [1.807, 2.05) is 26.0 Å². The molecule has 0 saturated heterocycles. The first kappa shape index (κ1) is 20.9. The van der Waals surface area contributed by atoms with Gasteiger partial charge in [0.15, 0.2) is 0 Å². The zero-order valence-corrected chi connectivity index (χ0v) is 19.3. The van der Waals surface area contributed by atoms with Gasteiger partial charge in [-0.3, -0.25) is 9.29 Å². The normalized spacial score (nSPS) is 15.4. The molecule has 0 spiro atoms. The molecular weight excluding hydrogens is 442 g/mol. The number of hydrogen-bond donors (Lipinski definition) is 0. The van der Waals surface area contributed by atoms with E-state index in [-0.39, 0.29) is 0 Å². The van der Waals surface area contributed by atoms with Crippen molar-refractivity contribution in [3.05, 3.63) is 35.9 Å². The molecule has 3 aromatic heterocycles. The standard InChI is InChI=1S/C19H21N5O3S3/c1-4-10-27-23-14-7-9-24(30(3,25)26)19-15(14)22-18(29-19)16-12(2)21-17(28-16)13-6-5-8-20-11-13/h5-6,8,11H,4,7,9-10H2,1-3H3/b23-14+. The fourth-order valence-electron chi connectivity index (χ4n) is 3.02. The molecule has 158 valence electrons. The minimum Gasteiger partial charge on any atom is -0.396 e. The van der Waals surface area contributed by atoms with Gasteiger partial charge in [-0.1, -0.05) is 23.4 Å². The van der Waals surface area contributed by atoms with Crippen LogP contribution < -0.4 is 4.31 Å². The van der Waals surface area contributed by atoms with Crippen molar-refractivity contribution in [2.75, 3.05) is 23.7 Å². The molecule has 0 fully saturated rings. The number of pyridine rings is 1. The lowest BCUT2D eigenvalue weighted by Gasteiger charge is -2.25. The Morgan fingerprint density at radius 2 is 2.10 bits per heavy atom. The summed E-state index contributed by atoms with van der Waals surface area (Å²) in [6.45, 7) is 4.77. The SMILES string of the molecule is CCCO/N=C1\CCN(S(C)(=O)=O)c2sc(-c3sc(-c4cccnc4)nc3C)nc21. The lowest BCUT2D eigenvalue weighted by Crippen LogP contribution is -2.36. The Morgan fingerprint density at radius 1 is 1.27 bits per heavy atom. The highest BCUT2D eigenvalue weighted by atomic mass is 32.2. The van der Waals surface area contributed by atoms with E-state index in [9.17, 15) is 8.42 Å². The first-order valence-electron chi connectivity index (χ1n) is 9.44. The average molecular weight is 464 g/mol. The molecule has 11 heteroatoms. The molecule has 0 atom stereocenters. The fraction of sp³-hybridized carbons (Fsp3) is 0.368. The molecular formula is C19H21N5O3S3. The van der Waals surface area contributed by atoms with Crippen LogP contribution in [0, 0.1) is 6.92 Å². The highest BCUT2D eigenvalue weighted by Gasteiger charge is 2.33. The van der Waals surface area contributed by atoms with Gasteiger partial charge >= 0.3 is 0 Å². The summed E-state index contributed by atoms with van der Waals surface area (Å²) >= 11 is 2.86. The monoisotopic (exact) mass is 463 g/mol. The van der Waals surface area contributed by atoms with Crippen molar-refractivity contribution >= 4 is 43.4 Å². The average Bonchev–Trinajstić information content (AvgIpc) is 3.32. The molecule has 0 N–H and O–H groups in total. The summed E-state index contributed by atoms with van der Waals surface area (Å²) in [6.07, 6.45) is 6.01. The van der Waals surface area contributed by atoms with Crippen LogP contribution in [-0.2, 0) is 14.9 Å². The van der Waals surface area contributed by atoms with Crippen LogP contribution in [0.5, 0.6) is 0 Å². The van der Waals surface area contributed by atoms with Gasteiger partial charge in [0, 0.05) is 30.9 Å². The van der Waals surface area contributed by atoms with Gasteiger partial charge in [-0.15, -0.1) is 11.3 Å². The van der Waals surface area contributed by atoms with Crippen molar-refractivity contribution in [1.82, 2.24) is 15.0 Å². The molecule has 0 saturated carbocycles. The van der Waals surface area contributed by atoms with E-state index < -0.39 is 10.0 Å². The van der Waals surface area contributed by atoms with Crippen LogP contribution in [0.15, 0.2) is 29.7 Å². The predicted molar refractivity (Wildman–Crippen MR) is 121 cm³/mol. The quantitative estimate of drug-likeness (QED) is 0.406. The Labute approximate surface area is 183 Å². The van der Waals surface area contributed by atoms with Crippen molar-refractivity contribution in [3.63, 3.8) is 0 Å². The van der Waals surface area contributed by atoms with Crippen LogP contribution >= 0.6 is 22.7 Å². The molecule has 8 nitrogen and oxygen atoms in total. The number of oxime groups is 1. The third kappa shape index (κ3) is 4.09. The molecule has 4 heterocycles. The van der Waals surface area contributed by atoms with Crippen molar-refractivity contribution in [2.45, 2.75) is 26.7 Å². The van der Waals surface area contributed by atoms with E-state index in [0.717, 1.165) is 32.6 Å². The first-order chi connectivity index (χ1) is 14.4. The molecule has 3 aromatic rings. The maximum atomic E-state index is 12.3. The number of aryl methyl sites for hydroxylation is 1. The number of hydrogen-bond acceptors (Lipinski definition) is 9. The van der Waals surface area contributed by atoms with Gasteiger partial charge in [0.05, 0.1) is 16.8 Å². The zero-order valence-electron chi connectivity index (χ0n) is 16.8. The Hall–Kier alpha value is -2.37. The Kier molecular flexibility index (Phi) is 5.85. The maximum absolute atomic E-state index is 12.3. The molecule has 0 bridgehead atoms. The third-order valence-corrected chi connectivity index (χ3v) is 8.15. The van der Waals surface area contributed by atoms with Crippen LogP contribution in [0.2, 0.25) is 0 Å². The summed E-state index contributed by atoms with van der Waals surface area (Å²) in [4.78, 5) is 19.9. The van der Waals surface area contributed by atoms with E-state index >= 15 is 0 Å². The summed E-state index contributed by atoms with van der Waals surface area (Å²) in [5, 5.41) is 6.39. The predicted octanol–water partition coefficient (Wildman–Crippen LogP) is 3.94. The van der Waals surface area contributed by atoms with Crippen molar-refractivity contribution in [2.24, 2.45) is 5.16 Å². The Balaban J connectivity index is 1.78. The van der Waals surface area contributed by atoms with E-state index in [1.165, 1.54) is 33.2 Å². The van der Waals surface area contributed by atoms with E-state index in [2.05, 4.69) is 15.1 Å². The van der Waals surface area contributed by atoms with Gasteiger partial charge in [-0.2, -0.15) is 0 Å². The summed E-state index contributed by atoms with van der Waals surface area (Å²) in [6, 6.07) is 3.83. The van der Waals surface area contributed by atoms with Crippen LogP contribution in [0.25, 0.3) is 20.5 Å². The van der Waals surface area contributed by atoms with Gasteiger partial charge in [0.2, 0.25) is 10.0 Å². The van der Waals surface area contributed by atoms with E-state index in [0.29, 0.717) is 36.0 Å². The van der Waals surface area contributed by atoms with Crippen LogP contribution in [-0.4, -0.2) is 48.5 Å². The Morgan fingerprint density at radius 3 is 2.80 bits per heavy atom. The number of anilines is 1. The molecule has 0 radical (unpaired) electrons. The second-order valence-electron chi connectivity index (χ2n) is 6.80. The molecule has 1 aliphatic heterocycles. The fourth-order valence-corrected chi connectivity index (χ4v) is 6.55. The molecule has 0 amide bonds. The maximum Gasteiger partial charge on any atom is 0.232 e. The summed E-state index contributed by atoms with van der Waals surface area (Å²) in [5.74, 6) is 0. The minimum atomic E-state index is -3.42. The molecule has 30 heavy (non-hydrogen) atoms. The molecule has 0 aromatic carbocycles. The minimum absolute atomic E-state index is 0.324. The Bertz CT molecular complexity index is 1190. The highest BCUT2D eigenvalue weighted by molar-refractivity contribution is 7.92. The van der Waals surface area contributed by atoms with Crippen LogP contribution in [0.4, 0.5) is 5.00 Å². The molecule has 0 aliphatic carbocycles. The number of aromatic nitrogens is 3. The number of fused-ring (bicyclic) bond motifs is 1. The van der Waals surface area contributed by atoms with E-state index in [4.69, 9.17) is 9.82 Å². The van der Waals surface area contributed by atoms with E-state index in [1.54, 1.807) is 12.4 Å². The number of thiazole rings is 2. The first-order valence-corrected chi connectivity index (χ1v) is 12.9. The second kappa shape index (κ2) is 8.40. The van der Waals surface area contributed by atoms with Crippen LogP contribution in [0.3, 0.4) is 0 Å². The zero-order chi connectivity index (χ0) is 21.3. The second-order valence-corrected chi connectivity index (χ2v) is 10.7. The topological polar surface area (TPSA) is 97.6 Å². The molecule has 1 aliphatic rings. The van der Waals surface area contributed by atoms with Gasteiger partial charge in [0.25, 0.3) is 0 Å². The third-order valence-electron chi connectivity index (χ3n) is 4.43. The van der Waals surface area contributed by atoms with Gasteiger partial charge in [-0.25, -0.2) is 18.4 Å². The number of nitrogens with zero attached hydrogens (tertiary/aromatic N) is 5. The largest absolute Gasteiger partial charge is 0.396 e. The molecule has 0 unspecified atom stereocenters. The smallest absolute Gasteiger partial charge is 0.232 e. The number of rotatable bonds is 6. The van der Waals surface area contributed by atoms with Gasteiger partial charge in [0.1, 0.15) is 33.0 Å². The van der Waals surface area contributed by atoms with Crippen molar-refractivity contribution in [1.29, 1.82) is 0 Å².